The molecule has 2 aromatic rings. The van der Waals surface area contributed by atoms with Crippen molar-refractivity contribution in [2.45, 2.75) is 50.5 Å². The number of hydrogen-bond acceptors (Lipinski definition) is 6. The van der Waals surface area contributed by atoms with E-state index in [1.807, 2.05) is 35.2 Å². The predicted molar refractivity (Wildman–Crippen MR) is 116 cm³/mol. The van der Waals surface area contributed by atoms with Gasteiger partial charge in [-0.3, -0.25) is 9.59 Å². The van der Waals surface area contributed by atoms with Gasteiger partial charge in [-0.2, -0.15) is 4.98 Å². The van der Waals surface area contributed by atoms with E-state index in [2.05, 4.69) is 15.5 Å². The van der Waals surface area contributed by atoms with Gasteiger partial charge in [0, 0.05) is 49.7 Å². The van der Waals surface area contributed by atoms with Crippen molar-refractivity contribution < 1.29 is 18.8 Å². The second-order valence-corrected chi connectivity index (χ2v) is 9.13. The number of aromatic nitrogens is 2. The Balaban J connectivity index is 1.35. The van der Waals surface area contributed by atoms with Crippen LogP contribution in [-0.2, 0) is 14.3 Å². The Morgan fingerprint density at radius 3 is 2.50 bits per heavy atom. The lowest BCUT2D eigenvalue weighted by molar-refractivity contribution is -0.134. The minimum atomic E-state index is -0.189. The number of nitrogens with zero attached hydrogens (tertiary/aromatic N) is 3. The highest BCUT2D eigenvalue weighted by molar-refractivity contribution is 5.81. The first kappa shape index (κ1) is 21.1. The molecule has 1 N–H and O–H groups in total. The van der Waals surface area contributed by atoms with Crippen LogP contribution in [0.5, 0.6) is 0 Å². The van der Waals surface area contributed by atoms with E-state index in [0.717, 1.165) is 44.3 Å². The van der Waals surface area contributed by atoms with Gasteiger partial charge in [-0.25, -0.2) is 0 Å². The Morgan fingerprint density at radius 1 is 1.00 bits per heavy atom. The van der Waals surface area contributed by atoms with E-state index in [9.17, 15) is 9.59 Å². The van der Waals surface area contributed by atoms with E-state index >= 15 is 0 Å². The summed E-state index contributed by atoms with van der Waals surface area (Å²) in [6, 6.07) is 9.50. The number of rotatable bonds is 5. The molecule has 3 atom stereocenters. The summed E-state index contributed by atoms with van der Waals surface area (Å²) in [7, 11) is 0. The molecule has 170 valence electrons. The van der Waals surface area contributed by atoms with Gasteiger partial charge < -0.3 is 19.5 Å². The van der Waals surface area contributed by atoms with Crippen molar-refractivity contribution in [2.24, 2.45) is 11.8 Å². The van der Waals surface area contributed by atoms with Crippen molar-refractivity contribution in [3.05, 3.63) is 36.2 Å². The fraction of sp³-hybridized carbons (Fsp3) is 0.583. The Morgan fingerprint density at radius 2 is 1.75 bits per heavy atom. The topological polar surface area (TPSA) is 97.6 Å². The number of hydrogen-bond donors (Lipinski definition) is 1. The second kappa shape index (κ2) is 9.40. The van der Waals surface area contributed by atoms with Crippen LogP contribution in [0.15, 0.2) is 34.9 Å². The fourth-order valence-electron chi connectivity index (χ4n) is 5.22. The van der Waals surface area contributed by atoms with Gasteiger partial charge in [-0.1, -0.05) is 35.5 Å². The Hall–Kier alpha value is -2.74. The van der Waals surface area contributed by atoms with E-state index in [0.29, 0.717) is 37.8 Å². The van der Waals surface area contributed by atoms with Crippen LogP contribution < -0.4 is 5.32 Å². The van der Waals surface area contributed by atoms with Crippen LogP contribution in [-0.4, -0.2) is 59.2 Å². The molecule has 1 aliphatic carbocycles. The lowest BCUT2D eigenvalue weighted by atomic mass is 9.97. The van der Waals surface area contributed by atoms with E-state index in [1.54, 1.807) is 0 Å². The third-order valence-corrected chi connectivity index (χ3v) is 7.04. The first-order valence-corrected chi connectivity index (χ1v) is 11.7. The SMILES string of the molecule is O=C(N[C@H]1C[C@H](C(=O)N2CCCC2)C[C@H]1c1nc(-c2ccccc2)no1)C1CCOCC1. The minimum Gasteiger partial charge on any atom is -0.381 e. The molecule has 32 heavy (non-hydrogen) atoms. The van der Waals surface area contributed by atoms with Gasteiger partial charge >= 0.3 is 0 Å². The van der Waals surface area contributed by atoms with Crippen LogP contribution in [0.1, 0.15) is 50.3 Å². The summed E-state index contributed by atoms with van der Waals surface area (Å²) >= 11 is 0. The number of benzene rings is 1. The summed E-state index contributed by atoms with van der Waals surface area (Å²) in [5, 5.41) is 7.40. The molecule has 8 heteroatoms. The monoisotopic (exact) mass is 438 g/mol. The molecule has 3 heterocycles. The molecule has 2 aliphatic heterocycles. The van der Waals surface area contributed by atoms with Crippen molar-refractivity contribution in [1.82, 2.24) is 20.4 Å². The zero-order chi connectivity index (χ0) is 21.9. The Bertz CT molecular complexity index is 934. The summed E-state index contributed by atoms with van der Waals surface area (Å²) in [5.41, 5.74) is 0.882. The second-order valence-electron chi connectivity index (χ2n) is 9.13. The summed E-state index contributed by atoms with van der Waals surface area (Å²) in [6.07, 6.45) is 4.82. The molecule has 0 bridgehead atoms. The third kappa shape index (κ3) is 4.41. The molecular formula is C24H30N4O4. The number of carbonyl (C=O) groups excluding carboxylic acids is 2. The number of amides is 2. The van der Waals surface area contributed by atoms with Gasteiger partial charge in [-0.15, -0.1) is 0 Å². The molecular weight excluding hydrogens is 408 g/mol. The molecule has 0 unspecified atom stereocenters. The fourth-order valence-corrected chi connectivity index (χ4v) is 5.22. The molecule has 1 aromatic heterocycles. The molecule has 0 spiro atoms. The number of likely N-dealkylation sites (tertiary alicyclic amines) is 1. The number of carbonyl (C=O) groups is 2. The zero-order valence-electron chi connectivity index (χ0n) is 18.2. The van der Waals surface area contributed by atoms with E-state index in [-0.39, 0.29) is 35.6 Å². The molecule has 3 fully saturated rings. The van der Waals surface area contributed by atoms with Crippen molar-refractivity contribution in [3.63, 3.8) is 0 Å². The normalized spacial score (nSPS) is 26.4. The van der Waals surface area contributed by atoms with Gasteiger partial charge in [0.05, 0.1) is 5.92 Å². The maximum absolute atomic E-state index is 13.1. The largest absolute Gasteiger partial charge is 0.381 e. The molecule has 8 nitrogen and oxygen atoms in total. The van der Waals surface area contributed by atoms with E-state index < -0.39 is 0 Å². The highest BCUT2D eigenvalue weighted by atomic mass is 16.5. The predicted octanol–water partition coefficient (Wildman–Crippen LogP) is 2.76. The standard InChI is InChI=1S/C24H30N4O4/c29-22(17-8-12-31-13-9-17)25-20-15-18(24(30)28-10-4-5-11-28)14-19(20)23-26-21(27-32-23)16-6-2-1-3-7-16/h1-3,6-7,17-20H,4-5,8-15H2,(H,25,29)/t18-,19-,20+/m1/s1. The van der Waals surface area contributed by atoms with Crippen molar-refractivity contribution in [2.75, 3.05) is 26.3 Å². The van der Waals surface area contributed by atoms with Gasteiger partial charge in [0.2, 0.25) is 23.5 Å². The van der Waals surface area contributed by atoms with Gasteiger partial charge in [0.1, 0.15) is 0 Å². The molecule has 5 rings (SSSR count). The number of ether oxygens (including phenoxy) is 1. The maximum atomic E-state index is 13.1. The Kier molecular flexibility index (Phi) is 6.21. The van der Waals surface area contributed by atoms with Crippen molar-refractivity contribution in [1.29, 1.82) is 0 Å². The molecule has 2 saturated heterocycles. The molecule has 2 amide bonds. The first-order chi connectivity index (χ1) is 15.7. The van der Waals surface area contributed by atoms with Crippen LogP contribution in [0, 0.1) is 11.8 Å². The smallest absolute Gasteiger partial charge is 0.232 e. The molecule has 1 aromatic carbocycles. The van der Waals surface area contributed by atoms with Gasteiger partial charge in [-0.05, 0) is 38.5 Å². The Labute approximate surface area is 187 Å². The van der Waals surface area contributed by atoms with Crippen LogP contribution in [0.25, 0.3) is 11.4 Å². The molecule has 0 radical (unpaired) electrons. The van der Waals surface area contributed by atoms with Crippen LogP contribution >= 0.6 is 0 Å². The van der Waals surface area contributed by atoms with Crippen LogP contribution in [0.2, 0.25) is 0 Å². The van der Waals surface area contributed by atoms with Gasteiger partial charge in [0.15, 0.2) is 0 Å². The maximum Gasteiger partial charge on any atom is 0.232 e. The van der Waals surface area contributed by atoms with Crippen molar-refractivity contribution in [3.8, 4) is 11.4 Å². The van der Waals surface area contributed by atoms with Crippen molar-refractivity contribution >= 4 is 11.8 Å². The highest BCUT2D eigenvalue weighted by Gasteiger charge is 2.44. The van der Waals surface area contributed by atoms with Crippen LogP contribution in [0.3, 0.4) is 0 Å². The van der Waals surface area contributed by atoms with E-state index in [1.165, 1.54) is 0 Å². The summed E-state index contributed by atoms with van der Waals surface area (Å²) in [4.78, 5) is 32.7. The summed E-state index contributed by atoms with van der Waals surface area (Å²) < 4.78 is 11.1. The average molecular weight is 439 g/mol. The molecule has 1 saturated carbocycles. The van der Waals surface area contributed by atoms with E-state index in [4.69, 9.17) is 9.26 Å². The highest BCUT2D eigenvalue weighted by Crippen LogP contribution is 2.40. The number of nitrogens with one attached hydrogen (secondary N) is 1. The lowest BCUT2D eigenvalue weighted by Gasteiger charge is -2.25. The van der Waals surface area contributed by atoms with Gasteiger partial charge in [0.25, 0.3) is 0 Å². The summed E-state index contributed by atoms with van der Waals surface area (Å²) in [6.45, 7) is 2.90. The zero-order valence-corrected chi connectivity index (χ0v) is 18.2. The van der Waals surface area contributed by atoms with Crippen LogP contribution in [0.4, 0.5) is 0 Å². The summed E-state index contributed by atoms with van der Waals surface area (Å²) in [5.74, 6) is 0.923. The quantitative estimate of drug-likeness (QED) is 0.771. The molecule has 3 aliphatic rings. The first-order valence-electron chi connectivity index (χ1n) is 11.7. The average Bonchev–Trinajstić information content (AvgIpc) is 3.60. The lowest BCUT2D eigenvalue weighted by Crippen LogP contribution is -2.42. The third-order valence-electron chi connectivity index (χ3n) is 7.04. The minimum absolute atomic E-state index is 0.0414.